The molecule has 0 aliphatic carbocycles. The van der Waals surface area contributed by atoms with Crippen LogP contribution in [0.5, 0.6) is 5.75 Å². The molecule has 0 aliphatic rings. The van der Waals surface area contributed by atoms with Gasteiger partial charge in [-0.15, -0.1) is 0 Å². The Morgan fingerprint density at radius 3 is 2.80 bits per heavy atom. The van der Waals surface area contributed by atoms with Crippen LogP contribution in [0.3, 0.4) is 0 Å². The smallest absolute Gasteiger partial charge is 0.120 e. The van der Waals surface area contributed by atoms with Crippen LogP contribution in [0.2, 0.25) is 5.02 Å². The number of rotatable bonds is 5. The average Bonchev–Trinajstić information content (AvgIpc) is 2.67. The van der Waals surface area contributed by atoms with Crippen LogP contribution >= 0.6 is 23.8 Å². The van der Waals surface area contributed by atoms with Crippen LogP contribution in [0.1, 0.15) is 17.0 Å². The van der Waals surface area contributed by atoms with Gasteiger partial charge in [0, 0.05) is 5.56 Å². The van der Waals surface area contributed by atoms with Crippen LogP contribution in [0, 0.1) is 13.8 Å². The standard InChI is InChI=1S/C14H16ClN3OS/c1-9-13(15)10(2)18(17-9)6-7-19-12-5-3-4-11(8-12)14(16)20/h3-5,8H,6-7H2,1-2H3,(H2,16,20). The van der Waals surface area contributed by atoms with Crippen LogP contribution < -0.4 is 10.5 Å². The Labute approximate surface area is 128 Å². The molecule has 1 aromatic carbocycles. The van der Waals surface area contributed by atoms with Gasteiger partial charge in [-0.25, -0.2) is 0 Å². The first kappa shape index (κ1) is 14.8. The number of aromatic nitrogens is 2. The van der Waals surface area contributed by atoms with E-state index in [2.05, 4.69) is 5.10 Å². The molecule has 0 aliphatic heterocycles. The molecule has 4 nitrogen and oxygen atoms in total. The van der Waals surface area contributed by atoms with E-state index in [4.69, 9.17) is 34.3 Å². The zero-order chi connectivity index (χ0) is 14.7. The normalized spacial score (nSPS) is 10.6. The molecule has 2 aromatic rings. The number of ether oxygens (including phenoxy) is 1. The minimum absolute atomic E-state index is 0.362. The number of benzene rings is 1. The Morgan fingerprint density at radius 2 is 2.20 bits per heavy atom. The third-order valence-corrected chi connectivity index (χ3v) is 3.77. The second kappa shape index (κ2) is 6.24. The predicted molar refractivity (Wildman–Crippen MR) is 84.5 cm³/mol. The monoisotopic (exact) mass is 309 g/mol. The lowest BCUT2D eigenvalue weighted by molar-refractivity contribution is 0.289. The molecule has 1 heterocycles. The van der Waals surface area contributed by atoms with Crippen molar-refractivity contribution < 1.29 is 4.74 Å². The number of hydrogen-bond donors (Lipinski definition) is 1. The Hall–Kier alpha value is -1.59. The lowest BCUT2D eigenvalue weighted by Crippen LogP contribution is -2.12. The van der Waals surface area contributed by atoms with Crippen LogP contribution in [0.15, 0.2) is 24.3 Å². The molecular weight excluding hydrogens is 294 g/mol. The Bertz CT molecular complexity index is 639. The third kappa shape index (κ3) is 3.29. The van der Waals surface area contributed by atoms with E-state index in [1.165, 1.54) is 0 Å². The fraction of sp³-hybridized carbons (Fsp3) is 0.286. The summed E-state index contributed by atoms with van der Waals surface area (Å²) in [6, 6.07) is 7.42. The first-order valence-corrected chi connectivity index (χ1v) is 7.00. The van der Waals surface area contributed by atoms with E-state index in [-0.39, 0.29) is 0 Å². The molecule has 6 heteroatoms. The largest absolute Gasteiger partial charge is 0.492 e. The number of aryl methyl sites for hydroxylation is 1. The first-order valence-electron chi connectivity index (χ1n) is 6.21. The van der Waals surface area contributed by atoms with Crippen molar-refractivity contribution in [2.75, 3.05) is 6.61 Å². The highest BCUT2D eigenvalue weighted by atomic mass is 35.5. The van der Waals surface area contributed by atoms with Gasteiger partial charge in [-0.2, -0.15) is 5.10 Å². The summed E-state index contributed by atoms with van der Waals surface area (Å²) in [5.41, 5.74) is 8.17. The first-order chi connectivity index (χ1) is 9.49. The number of nitrogens with two attached hydrogens (primary N) is 1. The van der Waals surface area contributed by atoms with Gasteiger partial charge in [-0.05, 0) is 26.0 Å². The topological polar surface area (TPSA) is 53.1 Å². The summed E-state index contributed by atoms with van der Waals surface area (Å²) in [5.74, 6) is 0.739. The zero-order valence-corrected chi connectivity index (χ0v) is 13.0. The summed E-state index contributed by atoms with van der Waals surface area (Å²) in [7, 11) is 0. The summed E-state index contributed by atoms with van der Waals surface area (Å²) in [6.07, 6.45) is 0. The van der Waals surface area contributed by atoms with Gasteiger partial charge in [0.2, 0.25) is 0 Å². The Kier molecular flexibility index (Phi) is 4.62. The maximum atomic E-state index is 6.10. The van der Waals surface area contributed by atoms with Gasteiger partial charge in [0.1, 0.15) is 17.3 Å². The molecule has 0 atom stereocenters. The number of halogens is 1. The van der Waals surface area contributed by atoms with Crippen molar-refractivity contribution in [1.82, 2.24) is 9.78 Å². The molecule has 1 aromatic heterocycles. The molecule has 0 saturated heterocycles. The quantitative estimate of drug-likeness (QED) is 0.863. The van der Waals surface area contributed by atoms with Gasteiger partial charge in [0.15, 0.2) is 0 Å². The van der Waals surface area contributed by atoms with Crippen molar-refractivity contribution in [2.24, 2.45) is 5.73 Å². The highest BCUT2D eigenvalue weighted by Crippen LogP contribution is 2.19. The minimum atomic E-state index is 0.362. The summed E-state index contributed by atoms with van der Waals surface area (Å²) >= 11 is 11.0. The molecule has 106 valence electrons. The predicted octanol–water partition coefficient (Wildman–Crippen LogP) is 2.87. The summed E-state index contributed by atoms with van der Waals surface area (Å²) < 4.78 is 7.53. The van der Waals surface area contributed by atoms with Gasteiger partial charge in [0.05, 0.1) is 23.0 Å². The number of nitrogens with zero attached hydrogens (tertiary/aromatic N) is 2. The van der Waals surface area contributed by atoms with Gasteiger partial charge in [-0.3, -0.25) is 4.68 Å². The Balaban J connectivity index is 1.97. The molecule has 20 heavy (non-hydrogen) atoms. The van der Waals surface area contributed by atoms with E-state index in [1.54, 1.807) is 0 Å². The number of hydrogen-bond acceptors (Lipinski definition) is 3. The summed E-state index contributed by atoms with van der Waals surface area (Å²) in [4.78, 5) is 0.362. The number of thiocarbonyl (C=S) groups is 1. The molecule has 0 saturated carbocycles. The SMILES string of the molecule is Cc1nn(CCOc2cccc(C(N)=S)c2)c(C)c1Cl. The van der Waals surface area contributed by atoms with Gasteiger partial charge in [0.25, 0.3) is 0 Å². The highest BCUT2D eigenvalue weighted by Gasteiger charge is 2.08. The second-order valence-electron chi connectivity index (χ2n) is 4.45. The van der Waals surface area contributed by atoms with Crippen molar-refractivity contribution in [1.29, 1.82) is 0 Å². The van der Waals surface area contributed by atoms with E-state index in [1.807, 2.05) is 42.8 Å². The lowest BCUT2D eigenvalue weighted by atomic mass is 10.2. The molecule has 0 bridgehead atoms. The fourth-order valence-corrected chi connectivity index (χ4v) is 2.14. The lowest BCUT2D eigenvalue weighted by Gasteiger charge is -2.08. The van der Waals surface area contributed by atoms with E-state index in [9.17, 15) is 0 Å². The van der Waals surface area contributed by atoms with Gasteiger partial charge >= 0.3 is 0 Å². The van der Waals surface area contributed by atoms with Crippen LogP contribution in [0.25, 0.3) is 0 Å². The van der Waals surface area contributed by atoms with Crippen molar-refractivity contribution in [3.8, 4) is 5.75 Å². The highest BCUT2D eigenvalue weighted by molar-refractivity contribution is 7.80. The molecule has 2 rings (SSSR count). The van der Waals surface area contributed by atoms with E-state index >= 15 is 0 Å². The fourth-order valence-electron chi connectivity index (χ4n) is 1.88. The molecule has 0 amide bonds. The average molecular weight is 310 g/mol. The summed E-state index contributed by atoms with van der Waals surface area (Å²) in [6.45, 7) is 4.96. The van der Waals surface area contributed by atoms with Crippen LogP contribution in [0.4, 0.5) is 0 Å². The minimum Gasteiger partial charge on any atom is -0.492 e. The van der Waals surface area contributed by atoms with Crippen molar-refractivity contribution >= 4 is 28.8 Å². The van der Waals surface area contributed by atoms with Crippen LogP contribution in [-0.4, -0.2) is 21.4 Å². The maximum absolute atomic E-state index is 6.10. The van der Waals surface area contributed by atoms with Crippen molar-refractivity contribution in [2.45, 2.75) is 20.4 Å². The Morgan fingerprint density at radius 1 is 1.45 bits per heavy atom. The molecule has 2 N–H and O–H groups in total. The molecule has 0 spiro atoms. The van der Waals surface area contributed by atoms with Crippen LogP contribution in [-0.2, 0) is 6.54 Å². The van der Waals surface area contributed by atoms with Gasteiger partial charge in [-0.1, -0.05) is 36.0 Å². The third-order valence-electron chi connectivity index (χ3n) is 2.98. The zero-order valence-electron chi connectivity index (χ0n) is 11.4. The maximum Gasteiger partial charge on any atom is 0.120 e. The van der Waals surface area contributed by atoms with Crippen molar-refractivity contribution in [3.63, 3.8) is 0 Å². The van der Waals surface area contributed by atoms with E-state index in [0.717, 1.165) is 22.7 Å². The second-order valence-corrected chi connectivity index (χ2v) is 5.27. The molecule has 0 unspecified atom stereocenters. The van der Waals surface area contributed by atoms with Crippen molar-refractivity contribution in [3.05, 3.63) is 46.2 Å². The molecular formula is C14H16ClN3OS. The van der Waals surface area contributed by atoms with Gasteiger partial charge < -0.3 is 10.5 Å². The molecule has 0 radical (unpaired) electrons. The van der Waals surface area contributed by atoms with E-state index < -0.39 is 0 Å². The molecule has 0 fully saturated rings. The van der Waals surface area contributed by atoms with E-state index in [0.29, 0.717) is 23.2 Å². The summed E-state index contributed by atoms with van der Waals surface area (Å²) in [5, 5.41) is 5.06.